The Morgan fingerprint density at radius 3 is 2.90 bits per heavy atom. The summed E-state index contributed by atoms with van der Waals surface area (Å²) < 4.78 is 7.47. The fraction of sp³-hybridized carbons (Fsp3) is 0.167. The SMILES string of the molecule is COc1ccc(C(=O)CSc2nn3cnnc3s2)cc1. The summed E-state index contributed by atoms with van der Waals surface area (Å²) in [6, 6.07) is 7.09. The fourth-order valence-electron chi connectivity index (χ4n) is 1.59. The van der Waals surface area contributed by atoms with Crippen LogP contribution in [0.1, 0.15) is 10.4 Å². The Hall–Kier alpha value is -1.93. The van der Waals surface area contributed by atoms with E-state index in [0.29, 0.717) is 11.3 Å². The minimum absolute atomic E-state index is 0.0589. The van der Waals surface area contributed by atoms with Crippen LogP contribution in [0.25, 0.3) is 4.96 Å². The molecule has 0 radical (unpaired) electrons. The first-order chi connectivity index (χ1) is 9.76. The van der Waals surface area contributed by atoms with Crippen LogP contribution in [0.5, 0.6) is 5.75 Å². The van der Waals surface area contributed by atoms with E-state index in [1.54, 1.807) is 42.2 Å². The van der Waals surface area contributed by atoms with Gasteiger partial charge >= 0.3 is 0 Å². The summed E-state index contributed by atoms with van der Waals surface area (Å²) in [4.78, 5) is 12.8. The van der Waals surface area contributed by atoms with E-state index in [2.05, 4.69) is 15.3 Å². The highest BCUT2D eigenvalue weighted by atomic mass is 32.2. The molecule has 3 rings (SSSR count). The fourth-order valence-corrected chi connectivity index (χ4v) is 3.34. The van der Waals surface area contributed by atoms with Crippen molar-refractivity contribution in [3.63, 3.8) is 0 Å². The van der Waals surface area contributed by atoms with Crippen LogP contribution in [-0.2, 0) is 0 Å². The topological polar surface area (TPSA) is 69.4 Å². The molecular weight excluding hydrogens is 296 g/mol. The van der Waals surface area contributed by atoms with Crippen LogP contribution in [0.15, 0.2) is 34.9 Å². The van der Waals surface area contributed by atoms with Gasteiger partial charge in [-0.05, 0) is 24.3 Å². The Morgan fingerprint density at radius 2 is 2.20 bits per heavy atom. The number of Topliss-reactive ketones (excluding diaryl/α,β-unsaturated/α-hetero) is 1. The van der Waals surface area contributed by atoms with Crippen LogP contribution >= 0.6 is 23.1 Å². The number of fused-ring (bicyclic) bond motifs is 1. The highest BCUT2D eigenvalue weighted by Gasteiger charge is 2.10. The van der Waals surface area contributed by atoms with Crippen molar-refractivity contribution in [2.45, 2.75) is 4.34 Å². The average Bonchev–Trinajstić information content (AvgIpc) is 3.06. The number of carbonyl (C=O) groups excluding carboxylic acids is 1. The number of rotatable bonds is 5. The van der Waals surface area contributed by atoms with Crippen molar-refractivity contribution >= 4 is 33.8 Å². The van der Waals surface area contributed by atoms with Gasteiger partial charge in [-0.25, -0.2) is 0 Å². The van der Waals surface area contributed by atoms with Gasteiger partial charge in [0.25, 0.3) is 0 Å². The Bertz CT molecular complexity index is 707. The van der Waals surface area contributed by atoms with E-state index in [1.807, 2.05) is 0 Å². The lowest BCUT2D eigenvalue weighted by molar-refractivity contribution is 0.102. The molecule has 0 aliphatic heterocycles. The van der Waals surface area contributed by atoms with Crippen molar-refractivity contribution < 1.29 is 9.53 Å². The molecule has 0 fully saturated rings. The molecule has 1 aromatic carbocycles. The summed E-state index contributed by atoms with van der Waals surface area (Å²) in [5, 5.41) is 11.9. The number of benzene rings is 1. The van der Waals surface area contributed by atoms with Crippen molar-refractivity contribution in [3.8, 4) is 5.75 Å². The molecule has 0 saturated heterocycles. The van der Waals surface area contributed by atoms with Gasteiger partial charge in [0.1, 0.15) is 12.1 Å². The smallest absolute Gasteiger partial charge is 0.235 e. The second-order valence-corrected chi connectivity index (χ2v) is 6.04. The highest BCUT2D eigenvalue weighted by molar-refractivity contribution is 8.01. The standard InChI is InChI=1S/C12H10N4O2S2/c1-18-9-4-2-8(3-5-9)10(17)6-19-12-15-16-7-13-14-11(16)20-12/h2-5,7H,6H2,1H3. The first kappa shape index (κ1) is 13.1. The second-order valence-electron chi connectivity index (χ2n) is 3.87. The van der Waals surface area contributed by atoms with Crippen LogP contribution in [-0.4, -0.2) is 38.5 Å². The molecule has 0 spiro atoms. The lowest BCUT2D eigenvalue weighted by atomic mass is 10.1. The molecular formula is C12H10N4O2S2. The minimum Gasteiger partial charge on any atom is -0.497 e. The molecule has 2 aromatic heterocycles. The van der Waals surface area contributed by atoms with E-state index in [0.717, 1.165) is 15.1 Å². The molecule has 20 heavy (non-hydrogen) atoms. The normalized spacial score (nSPS) is 10.8. The Morgan fingerprint density at radius 1 is 1.40 bits per heavy atom. The quantitative estimate of drug-likeness (QED) is 0.531. The Labute approximate surface area is 122 Å². The van der Waals surface area contributed by atoms with Gasteiger partial charge in [0, 0.05) is 5.56 Å². The zero-order chi connectivity index (χ0) is 13.9. The van der Waals surface area contributed by atoms with Gasteiger partial charge in [-0.3, -0.25) is 4.79 Å². The molecule has 0 bridgehead atoms. The van der Waals surface area contributed by atoms with Gasteiger partial charge in [-0.1, -0.05) is 23.1 Å². The molecule has 3 aromatic rings. The van der Waals surface area contributed by atoms with Crippen LogP contribution in [0.4, 0.5) is 0 Å². The van der Waals surface area contributed by atoms with Gasteiger partial charge < -0.3 is 4.74 Å². The maximum Gasteiger partial charge on any atom is 0.235 e. The molecule has 8 heteroatoms. The summed E-state index contributed by atoms with van der Waals surface area (Å²) in [6.07, 6.45) is 1.54. The third-order valence-electron chi connectivity index (χ3n) is 2.61. The van der Waals surface area contributed by atoms with Gasteiger partial charge in [0.05, 0.1) is 12.9 Å². The maximum atomic E-state index is 12.1. The van der Waals surface area contributed by atoms with E-state index in [4.69, 9.17) is 4.74 Å². The summed E-state index contributed by atoms with van der Waals surface area (Å²) >= 11 is 2.82. The van der Waals surface area contributed by atoms with Crippen LogP contribution in [0, 0.1) is 0 Å². The van der Waals surface area contributed by atoms with Crippen LogP contribution < -0.4 is 4.74 Å². The van der Waals surface area contributed by atoms with Crippen molar-refractivity contribution in [2.75, 3.05) is 12.9 Å². The number of hydrogen-bond acceptors (Lipinski definition) is 7. The largest absolute Gasteiger partial charge is 0.497 e. The molecule has 102 valence electrons. The van der Waals surface area contributed by atoms with E-state index in [-0.39, 0.29) is 5.78 Å². The van der Waals surface area contributed by atoms with Crippen LogP contribution in [0.2, 0.25) is 0 Å². The Kier molecular flexibility index (Phi) is 3.66. The van der Waals surface area contributed by atoms with E-state index >= 15 is 0 Å². The van der Waals surface area contributed by atoms with Crippen molar-refractivity contribution in [1.29, 1.82) is 0 Å². The third-order valence-corrected chi connectivity index (χ3v) is 4.65. The summed E-state index contributed by atoms with van der Waals surface area (Å²) in [5.41, 5.74) is 0.668. The molecule has 0 atom stereocenters. The van der Waals surface area contributed by atoms with Gasteiger partial charge in [-0.15, -0.1) is 15.3 Å². The first-order valence-electron chi connectivity index (χ1n) is 5.73. The summed E-state index contributed by atoms with van der Waals surface area (Å²) in [6.45, 7) is 0. The molecule has 0 aliphatic carbocycles. The zero-order valence-electron chi connectivity index (χ0n) is 10.5. The van der Waals surface area contributed by atoms with E-state index in [9.17, 15) is 4.79 Å². The second kappa shape index (κ2) is 5.59. The van der Waals surface area contributed by atoms with Crippen molar-refractivity contribution in [1.82, 2.24) is 19.8 Å². The predicted molar refractivity (Wildman–Crippen MR) is 76.7 cm³/mol. The van der Waals surface area contributed by atoms with E-state index in [1.165, 1.54) is 23.1 Å². The molecule has 6 nitrogen and oxygen atoms in total. The molecule has 2 heterocycles. The van der Waals surface area contributed by atoms with Gasteiger partial charge in [-0.2, -0.15) is 4.52 Å². The molecule has 0 N–H and O–H groups in total. The summed E-state index contributed by atoms with van der Waals surface area (Å²) in [7, 11) is 1.60. The maximum absolute atomic E-state index is 12.1. The average molecular weight is 306 g/mol. The number of ether oxygens (including phenoxy) is 1. The van der Waals surface area contributed by atoms with Gasteiger partial charge in [0.2, 0.25) is 4.96 Å². The number of aromatic nitrogens is 4. The third kappa shape index (κ3) is 2.66. The first-order valence-corrected chi connectivity index (χ1v) is 7.53. The monoisotopic (exact) mass is 306 g/mol. The predicted octanol–water partition coefficient (Wildman–Crippen LogP) is 2.17. The van der Waals surface area contributed by atoms with E-state index < -0.39 is 0 Å². The molecule has 0 amide bonds. The van der Waals surface area contributed by atoms with Crippen molar-refractivity contribution in [2.24, 2.45) is 0 Å². The number of ketones is 1. The summed E-state index contributed by atoms with van der Waals surface area (Å²) in [5.74, 6) is 1.14. The number of nitrogens with zero attached hydrogens (tertiary/aromatic N) is 4. The zero-order valence-corrected chi connectivity index (χ0v) is 12.1. The Balaban J connectivity index is 1.64. The lowest BCUT2D eigenvalue weighted by Crippen LogP contribution is -2.02. The van der Waals surface area contributed by atoms with Crippen molar-refractivity contribution in [3.05, 3.63) is 36.2 Å². The number of carbonyl (C=O) groups is 1. The molecule has 0 aliphatic rings. The number of hydrogen-bond donors (Lipinski definition) is 0. The highest BCUT2D eigenvalue weighted by Crippen LogP contribution is 2.24. The molecule has 0 unspecified atom stereocenters. The lowest BCUT2D eigenvalue weighted by Gasteiger charge is -2.01. The number of thioether (sulfide) groups is 1. The van der Waals surface area contributed by atoms with Crippen LogP contribution in [0.3, 0.4) is 0 Å². The number of methoxy groups -OCH3 is 1. The minimum atomic E-state index is 0.0589. The van der Waals surface area contributed by atoms with Gasteiger partial charge in [0.15, 0.2) is 10.1 Å². The molecule has 0 saturated carbocycles.